The molecule has 0 aliphatic carbocycles. The molecule has 0 spiro atoms. The molecular weight excluding hydrogens is 2220 g/mol. The second-order valence-corrected chi connectivity index (χ2v) is 56.7. The summed E-state index contributed by atoms with van der Waals surface area (Å²) in [6.45, 7) is 62.5. The third kappa shape index (κ3) is 97.3. The van der Waals surface area contributed by atoms with Crippen molar-refractivity contribution >= 4 is 86.0 Å². The van der Waals surface area contributed by atoms with Crippen LogP contribution < -0.4 is 36.2 Å². The van der Waals surface area contributed by atoms with Gasteiger partial charge in [0, 0.05) is 125 Å². The number of aryl methyl sites for hydroxylation is 2. The molecule has 8 aromatic carbocycles. The zero-order valence-electron chi connectivity index (χ0n) is 79.8. The molecule has 0 heterocycles. The molecule has 37 heteroatoms. The molecule has 3 radical (unpaired) electrons. The fourth-order valence-electron chi connectivity index (χ4n) is 8.76. The number of alkyl halides is 3. The van der Waals surface area contributed by atoms with Crippen molar-refractivity contribution in [3.63, 3.8) is 0 Å². The third-order valence-corrected chi connectivity index (χ3v) is 20.1. The van der Waals surface area contributed by atoms with Gasteiger partial charge in [0.25, 0.3) is 0 Å². The van der Waals surface area contributed by atoms with Gasteiger partial charge < -0.3 is 71.1 Å². The summed E-state index contributed by atoms with van der Waals surface area (Å²) in [5, 5.41) is 67.1. The first-order valence-electron chi connectivity index (χ1n) is 38.9. The van der Waals surface area contributed by atoms with Crippen LogP contribution in [-0.2, 0) is 134 Å². The average molecular weight is 2440 g/mol. The maximum Gasteiger partial charge on any atom is 0.419 e. The van der Waals surface area contributed by atoms with Crippen LogP contribution in [0.3, 0.4) is 0 Å². The number of hydrogen-bond acceptors (Lipinski definition) is 22. The van der Waals surface area contributed by atoms with Crippen LogP contribution in [0.5, 0.6) is 46.0 Å². The molecule has 9 N–H and O–H groups in total. The van der Waals surface area contributed by atoms with Crippen molar-refractivity contribution in [2.24, 2.45) is 0 Å². The van der Waals surface area contributed by atoms with Crippen LogP contribution in [0.15, 0.2) is 194 Å². The summed E-state index contributed by atoms with van der Waals surface area (Å²) >= 11 is 0. The summed E-state index contributed by atoms with van der Waals surface area (Å²) in [5.74, 6) is -0.180. The Morgan fingerprint density at radius 3 is 0.639 bits per heavy atom. The number of para-hydroxylation sites is 2. The van der Waals surface area contributed by atoms with Crippen molar-refractivity contribution in [2.45, 2.75) is 272 Å². The minimum Gasteiger partial charge on any atom is -0.462 e. The standard InChI is InChI=1S/C29H46NO2P.C19H22NO6P.C15H18NO2P.C13H14NO2P.C3H7F3NP.2C3H10NP.C2H8NP.CH4NP.CH2O.18CH4.3Y/c1-26(2,3)20-14-21(27(4,5)6)17-24(16-20)31-33(13,30)32-25-18-22(28(7,8)9)15-23(19-25)29(10,11)12;1-4-23-18(21)14-6-10-16(11-7-14)25-27(3,20)26-17-12-8-15(9-13-17)19(22)24-5-2;1-12-6-4-8-14(10-12)17-19(3,16)18-15-9-5-7-13(2)11-15;1-17(14,15-12-8-4-2-5-9-12)16-13-10-6-3-7-11-13;1-8(2,7)3(4,5)6;2*1-5(2,3)4;1-4(2)3;1-3-2;1-2;;;;;;;;;;;;;;;;;;;;;/h14-19,30H,1-13H3;6-13,20H,4-5H2,1-3H3;4-11,16H,1-3H3;2-11,14H,1H3;7H,1-2H3;2*4H,1-3H3;3-4H,1-2H3;2H,1H3;1H2;18*1H4;;;. The quantitative estimate of drug-likeness (QED) is 0.0253. The summed E-state index contributed by atoms with van der Waals surface area (Å²) in [6, 6.07) is 59.3. The number of ether oxygens (including phenoxy) is 2. The largest absolute Gasteiger partial charge is 0.462 e. The molecular formula is C107H213F3N9O13P9Y3. The van der Waals surface area contributed by atoms with E-state index in [-0.39, 0.29) is 253 Å². The van der Waals surface area contributed by atoms with Crippen molar-refractivity contribution in [2.75, 3.05) is 113 Å². The van der Waals surface area contributed by atoms with Gasteiger partial charge in [-0.2, -0.15) is 13.2 Å². The van der Waals surface area contributed by atoms with Crippen LogP contribution in [0.4, 0.5) is 13.2 Å². The molecule has 0 saturated heterocycles. The number of rotatable bonds is 20. The maximum atomic E-state index is 11.6. The van der Waals surface area contributed by atoms with E-state index in [0.717, 1.165) is 24.5 Å². The molecule has 839 valence electrons. The summed E-state index contributed by atoms with van der Waals surface area (Å²) in [7, 11) is -16.8. The van der Waals surface area contributed by atoms with Crippen LogP contribution in [-0.4, -0.2) is 138 Å². The van der Waals surface area contributed by atoms with E-state index in [1.54, 1.807) is 95.7 Å². The SMILES string of the molecule is C.C.C.C.C.C.C.C.C.C.C.C.C.C.C.C.C.C.C=O.CC(C)(C)c1cc(OP(C)(=N)Oc2cc(C(C)(C)C)cc(C(C)(C)C)c2)cc(C(C)(C)C)c1.CCOC(=O)c1ccc(OP(C)(=N)Oc2ccc(C(=O)OCC)cc2)cc1.CP(=N)(Oc1ccccc1)Oc1ccccc1.CP(C)(=N)C(F)(F)F.CP(C)(C)=N.CP(C)(C)=N.CP=N.C[PH](C)=N.Cc1cccc(OP(C)(=N)Oc2cccc(C)c2)c1.[Y].[Y].[Y]. The average Bonchev–Trinajstić information content (AvgIpc) is 0.792. The summed E-state index contributed by atoms with van der Waals surface area (Å²) in [6.07, 6.45) is 0. The van der Waals surface area contributed by atoms with Gasteiger partial charge in [0.1, 0.15) is 52.8 Å². The van der Waals surface area contributed by atoms with Crippen LogP contribution in [0.2, 0.25) is 0 Å². The smallest absolute Gasteiger partial charge is 0.419 e. The number of benzene rings is 8. The van der Waals surface area contributed by atoms with Crippen molar-refractivity contribution in [1.29, 1.82) is 46.5 Å². The van der Waals surface area contributed by atoms with Gasteiger partial charge in [-0.3, -0.25) is 5.16 Å². The zero-order valence-corrected chi connectivity index (χ0v) is 96.5. The van der Waals surface area contributed by atoms with E-state index in [0.29, 0.717) is 78.7 Å². The molecule has 0 bridgehead atoms. The summed E-state index contributed by atoms with van der Waals surface area (Å²) in [5.41, 5.74) is 7.78. The van der Waals surface area contributed by atoms with Crippen LogP contribution >= 0.6 is 67.3 Å². The van der Waals surface area contributed by atoms with Gasteiger partial charge in [-0.25, -0.2) is 30.2 Å². The Kier molecular flexibility index (Phi) is 125. The van der Waals surface area contributed by atoms with Crippen LogP contribution in [0, 0.1) is 60.3 Å². The van der Waals surface area contributed by atoms with E-state index in [1.807, 2.05) is 183 Å². The number of carbonyl (C=O) groups excluding carboxylic acids is 3. The Hall–Kier alpha value is -4.19. The molecule has 8 rings (SSSR count). The third-order valence-electron chi connectivity index (χ3n) is 14.3. The van der Waals surface area contributed by atoms with Gasteiger partial charge in [0.05, 0.1) is 31.4 Å². The number of hydrogen-bond donors (Lipinski definition) is 9. The topological polar surface area (TPSA) is 358 Å². The summed E-state index contributed by atoms with van der Waals surface area (Å²) in [4.78, 5) is 31.3. The Morgan fingerprint density at radius 2 is 0.479 bits per heavy atom. The maximum absolute atomic E-state index is 11.6. The van der Waals surface area contributed by atoms with Crippen molar-refractivity contribution in [3.05, 3.63) is 239 Å². The molecule has 0 amide bonds. The Bertz CT molecular complexity index is 4620. The van der Waals surface area contributed by atoms with Gasteiger partial charge in [0.15, 0.2) is 0 Å². The zero-order chi connectivity index (χ0) is 95.8. The molecule has 0 atom stereocenters. The summed E-state index contributed by atoms with van der Waals surface area (Å²) < 4.78 is 90.4. The Balaban J connectivity index is -0.0000000576. The second kappa shape index (κ2) is 91.4. The predicted octanol–water partition coefficient (Wildman–Crippen LogP) is 43.4. The van der Waals surface area contributed by atoms with Gasteiger partial charge >= 0.3 is 47.9 Å². The predicted molar refractivity (Wildman–Crippen MR) is 644 cm³/mol. The van der Waals surface area contributed by atoms with E-state index in [4.69, 9.17) is 96.9 Å². The molecule has 22 nitrogen and oxygen atoms in total. The van der Waals surface area contributed by atoms with E-state index in [9.17, 15) is 22.8 Å². The number of halogens is 3. The monoisotopic (exact) mass is 2440 g/mol. The van der Waals surface area contributed by atoms with Gasteiger partial charge in [-0.1, -0.05) is 290 Å². The van der Waals surface area contributed by atoms with E-state index in [2.05, 4.69) is 119 Å². The van der Waals surface area contributed by atoms with Gasteiger partial charge in [-0.05, 0) is 308 Å². The molecule has 0 aliphatic rings. The van der Waals surface area contributed by atoms with Crippen molar-refractivity contribution in [3.8, 4) is 46.0 Å². The molecule has 0 aromatic heterocycles. The fraction of sp³-hybridized carbons (Fsp3) is 0.523. The Morgan fingerprint density at radius 1 is 0.319 bits per heavy atom. The second-order valence-electron chi connectivity index (χ2n) is 34.5. The first kappa shape index (κ1) is 197. The molecule has 144 heavy (non-hydrogen) atoms. The van der Waals surface area contributed by atoms with E-state index < -0.39 is 76.8 Å². The number of carbonyl (C=O) groups is 3. The first-order valence-corrected chi connectivity index (χ1v) is 60.0. The molecule has 0 aliphatic heterocycles. The minimum atomic E-state index is -4.28. The van der Waals surface area contributed by atoms with Gasteiger partial charge in [0.2, 0.25) is 0 Å². The molecule has 0 fully saturated rings. The molecule has 0 saturated carbocycles. The van der Waals surface area contributed by atoms with Crippen LogP contribution in [0.1, 0.15) is 285 Å². The Labute approximate surface area is 964 Å². The first-order chi connectivity index (χ1) is 55.9. The van der Waals surface area contributed by atoms with Crippen LogP contribution in [0.25, 0.3) is 0 Å². The normalized spacial score (nSPS) is 9.94. The number of nitrogens with one attached hydrogen (secondary N) is 9. The van der Waals surface area contributed by atoms with Gasteiger partial charge in [-0.15, -0.1) is 0 Å². The van der Waals surface area contributed by atoms with E-state index in [1.165, 1.54) is 22.3 Å². The molecule has 0 unspecified atom stereocenters. The number of esters is 2. The van der Waals surface area contributed by atoms with E-state index >= 15 is 0 Å². The molecule has 8 aromatic rings. The fourth-order valence-corrected chi connectivity index (χ4v) is 13.1. The van der Waals surface area contributed by atoms with Crippen molar-refractivity contribution < 1.29 is 171 Å². The minimum absolute atomic E-state index is 0. The van der Waals surface area contributed by atoms with Crippen molar-refractivity contribution in [1.82, 2.24) is 0 Å².